The van der Waals surface area contributed by atoms with Gasteiger partial charge in [0.2, 0.25) is 5.76 Å². The van der Waals surface area contributed by atoms with Crippen molar-refractivity contribution >= 4 is 34.0 Å². The standard InChI is InChI=1S/C23H25N5O3/c29-23(25-9-12-28-10-1-2-11-28)22-21(18-7-8-24-14-20(18)31-22)26-16-4-5-17-15(13-16)3-6-19(17)27-30/h4-5,7-8,13-14,26,30H,1-3,6,9-12H2,(H,25,29)/b27-19+. The average molecular weight is 419 g/mol. The summed E-state index contributed by atoms with van der Waals surface area (Å²) in [4.78, 5) is 19.4. The lowest BCUT2D eigenvalue weighted by Crippen LogP contribution is -2.33. The molecule has 3 heterocycles. The number of hydrogen-bond donors (Lipinski definition) is 3. The van der Waals surface area contributed by atoms with E-state index >= 15 is 0 Å². The molecule has 1 amide bonds. The molecule has 0 unspecified atom stereocenters. The van der Waals surface area contributed by atoms with E-state index in [2.05, 4.69) is 25.7 Å². The molecule has 160 valence electrons. The largest absolute Gasteiger partial charge is 0.447 e. The summed E-state index contributed by atoms with van der Waals surface area (Å²) in [5.74, 6) is 0.0105. The molecule has 0 atom stereocenters. The van der Waals surface area contributed by atoms with Crippen molar-refractivity contribution in [2.24, 2.45) is 5.16 Å². The highest BCUT2D eigenvalue weighted by Gasteiger charge is 2.23. The van der Waals surface area contributed by atoms with Crippen LogP contribution in [0.25, 0.3) is 11.0 Å². The maximum absolute atomic E-state index is 12.9. The number of fused-ring (bicyclic) bond motifs is 2. The first-order valence-corrected chi connectivity index (χ1v) is 10.7. The molecule has 2 aromatic heterocycles. The average Bonchev–Trinajstić information content (AvgIpc) is 3.52. The van der Waals surface area contributed by atoms with Gasteiger partial charge in [0.15, 0.2) is 5.58 Å². The maximum atomic E-state index is 12.9. The number of hydrogen-bond acceptors (Lipinski definition) is 7. The molecule has 0 bridgehead atoms. The van der Waals surface area contributed by atoms with Gasteiger partial charge in [-0.15, -0.1) is 0 Å². The fourth-order valence-corrected chi connectivity index (χ4v) is 4.44. The van der Waals surface area contributed by atoms with Crippen LogP contribution in [0.15, 0.2) is 46.2 Å². The molecule has 1 saturated heterocycles. The number of rotatable bonds is 6. The van der Waals surface area contributed by atoms with Gasteiger partial charge in [0.25, 0.3) is 5.91 Å². The van der Waals surface area contributed by atoms with Crippen LogP contribution in [0.3, 0.4) is 0 Å². The summed E-state index contributed by atoms with van der Waals surface area (Å²) in [6.45, 7) is 3.62. The Labute approximate surface area is 179 Å². The van der Waals surface area contributed by atoms with Crippen molar-refractivity contribution in [3.05, 3.63) is 53.5 Å². The number of likely N-dealkylation sites (tertiary alicyclic amines) is 1. The fourth-order valence-electron chi connectivity index (χ4n) is 4.44. The Hall–Kier alpha value is -3.39. The number of benzene rings is 1. The molecule has 0 saturated carbocycles. The van der Waals surface area contributed by atoms with E-state index < -0.39 is 0 Å². The molecule has 31 heavy (non-hydrogen) atoms. The van der Waals surface area contributed by atoms with Gasteiger partial charge in [-0.05, 0) is 62.5 Å². The van der Waals surface area contributed by atoms with Crippen LogP contribution in [0.1, 0.15) is 40.9 Å². The minimum atomic E-state index is -0.242. The summed E-state index contributed by atoms with van der Waals surface area (Å²) < 4.78 is 5.88. The van der Waals surface area contributed by atoms with E-state index in [0.717, 1.165) is 54.7 Å². The quantitative estimate of drug-likeness (QED) is 0.417. The van der Waals surface area contributed by atoms with Gasteiger partial charge in [0.1, 0.15) is 0 Å². The maximum Gasteiger partial charge on any atom is 0.289 e. The third kappa shape index (κ3) is 3.86. The van der Waals surface area contributed by atoms with Gasteiger partial charge in [0, 0.05) is 35.9 Å². The van der Waals surface area contributed by atoms with Crippen LogP contribution in [0, 0.1) is 0 Å². The lowest BCUT2D eigenvalue weighted by molar-refractivity contribution is 0.0925. The van der Waals surface area contributed by atoms with Gasteiger partial charge < -0.3 is 25.2 Å². The van der Waals surface area contributed by atoms with Gasteiger partial charge in [-0.1, -0.05) is 11.2 Å². The molecule has 1 aromatic carbocycles. The highest BCUT2D eigenvalue weighted by Crippen LogP contribution is 2.34. The van der Waals surface area contributed by atoms with Gasteiger partial charge in [-0.2, -0.15) is 0 Å². The van der Waals surface area contributed by atoms with E-state index in [4.69, 9.17) is 9.62 Å². The first-order chi connectivity index (χ1) is 15.2. The molecule has 2 aliphatic rings. The van der Waals surface area contributed by atoms with Crippen LogP contribution < -0.4 is 10.6 Å². The summed E-state index contributed by atoms with van der Waals surface area (Å²) >= 11 is 0. The topological polar surface area (TPSA) is 103 Å². The van der Waals surface area contributed by atoms with Crippen molar-refractivity contribution in [3.8, 4) is 0 Å². The van der Waals surface area contributed by atoms with Crippen LogP contribution in [0.5, 0.6) is 0 Å². The molecule has 5 rings (SSSR count). The van der Waals surface area contributed by atoms with Gasteiger partial charge in [-0.3, -0.25) is 9.78 Å². The minimum Gasteiger partial charge on any atom is -0.447 e. The number of nitrogens with zero attached hydrogens (tertiary/aromatic N) is 3. The lowest BCUT2D eigenvalue weighted by Gasteiger charge is -2.14. The second-order valence-electron chi connectivity index (χ2n) is 8.03. The van der Waals surface area contributed by atoms with Crippen molar-refractivity contribution in [2.75, 3.05) is 31.5 Å². The minimum absolute atomic E-state index is 0.242. The number of oxime groups is 1. The zero-order chi connectivity index (χ0) is 21.2. The predicted molar refractivity (Wildman–Crippen MR) is 118 cm³/mol. The van der Waals surface area contributed by atoms with Crippen molar-refractivity contribution in [1.82, 2.24) is 15.2 Å². The number of aromatic nitrogens is 1. The Morgan fingerprint density at radius 3 is 2.94 bits per heavy atom. The molecule has 3 N–H and O–H groups in total. The van der Waals surface area contributed by atoms with Crippen molar-refractivity contribution in [3.63, 3.8) is 0 Å². The summed E-state index contributed by atoms with van der Waals surface area (Å²) in [6.07, 6.45) is 7.30. The third-order valence-corrected chi connectivity index (χ3v) is 6.05. The van der Waals surface area contributed by atoms with Crippen molar-refractivity contribution < 1.29 is 14.4 Å². The van der Waals surface area contributed by atoms with E-state index in [1.54, 1.807) is 12.4 Å². The SMILES string of the molecule is O=C(NCCN1CCCC1)c1oc2cnccc2c1Nc1ccc2c(c1)CC/C2=N\O. The van der Waals surface area contributed by atoms with Gasteiger partial charge in [0.05, 0.1) is 17.6 Å². The Morgan fingerprint density at radius 2 is 2.10 bits per heavy atom. The number of pyridine rings is 1. The number of furan rings is 1. The monoisotopic (exact) mass is 419 g/mol. The second kappa shape index (κ2) is 8.39. The highest BCUT2D eigenvalue weighted by molar-refractivity contribution is 6.07. The molecule has 1 aliphatic heterocycles. The van der Waals surface area contributed by atoms with Crippen molar-refractivity contribution in [2.45, 2.75) is 25.7 Å². The molecule has 0 spiro atoms. The third-order valence-electron chi connectivity index (χ3n) is 6.05. The fraction of sp³-hybridized carbons (Fsp3) is 0.348. The summed E-state index contributed by atoms with van der Waals surface area (Å²) in [5, 5.41) is 19.7. The van der Waals surface area contributed by atoms with Crippen LogP contribution in [0.4, 0.5) is 11.4 Å². The predicted octanol–water partition coefficient (Wildman–Crippen LogP) is 3.52. The molecular formula is C23H25N5O3. The van der Waals surface area contributed by atoms with E-state index in [0.29, 0.717) is 23.5 Å². The number of nitrogens with one attached hydrogen (secondary N) is 2. The molecular weight excluding hydrogens is 394 g/mol. The van der Waals surface area contributed by atoms with E-state index in [1.165, 1.54) is 12.8 Å². The summed E-state index contributed by atoms with van der Waals surface area (Å²) in [7, 11) is 0. The Balaban J connectivity index is 1.39. The molecule has 1 fully saturated rings. The van der Waals surface area contributed by atoms with E-state index in [-0.39, 0.29) is 11.7 Å². The summed E-state index contributed by atoms with van der Waals surface area (Å²) in [6, 6.07) is 7.73. The Bertz CT molecular complexity index is 1150. The molecule has 8 nitrogen and oxygen atoms in total. The zero-order valence-electron chi connectivity index (χ0n) is 17.2. The van der Waals surface area contributed by atoms with Crippen LogP contribution in [-0.4, -0.2) is 52.9 Å². The van der Waals surface area contributed by atoms with Gasteiger partial charge >= 0.3 is 0 Å². The van der Waals surface area contributed by atoms with Crippen molar-refractivity contribution in [1.29, 1.82) is 0 Å². The second-order valence-corrected chi connectivity index (χ2v) is 8.03. The normalized spacial score (nSPS) is 17.4. The lowest BCUT2D eigenvalue weighted by atomic mass is 10.1. The van der Waals surface area contributed by atoms with Crippen LogP contribution in [-0.2, 0) is 6.42 Å². The number of carbonyl (C=O) groups excluding carboxylic acids is 1. The first kappa shape index (κ1) is 19.6. The number of anilines is 2. The summed E-state index contributed by atoms with van der Waals surface area (Å²) in [5.41, 5.74) is 4.83. The number of carbonyl (C=O) groups is 1. The smallest absolute Gasteiger partial charge is 0.289 e. The Morgan fingerprint density at radius 1 is 1.23 bits per heavy atom. The molecule has 3 aromatic rings. The number of amides is 1. The highest BCUT2D eigenvalue weighted by atomic mass is 16.4. The number of aryl methyl sites for hydroxylation is 1. The van der Waals surface area contributed by atoms with Gasteiger partial charge in [-0.25, -0.2) is 0 Å². The van der Waals surface area contributed by atoms with E-state index in [9.17, 15) is 4.79 Å². The van der Waals surface area contributed by atoms with E-state index in [1.807, 2.05) is 24.3 Å². The Kier molecular flexibility index (Phi) is 5.30. The molecule has 1 aliphatic carbocycles. The first-order valence-electron chi connectivity index (χ1n) is 10.7. The molecule has 8 heteroatoms. The molecule has 0 radical (unpaired) electrons. The van der Waals surface area contributed by atoms with Crippen LogP contribution in [0.2, 0.25) is 0 Å². The van der Waals surface area contributed by atoms with Crippen LogP contribution >= 0.6 is 0 Å². The zero-order valence-corrected chi connectivity index (χ0v) is 17.2.